The summed E-state index contributed by atoms with van der Waals surface area (Å²) in [5, 5.41) is 10.4. The van der Waals surface area contributed by atoms with Gasteiger partial charge in [-0.3, -0.25) is 4.79 Å². The SMILES string of the molecule is COc1cccc(CN(CCC(=O)N2CCNCC2)S(=O)(=O)c2cc(C)c(C)cc2C)c1.O=C(O)C(F)(F)F. The number of alkyl halides is 3. The van der Waals surface area contributed by atoms with Crippen molar-refractivity contribution in [1.29, 1.82) is 0 Å². The van der Waals surface area contributed by atoms with E-state index in [1.807, 2.05) is 51.1 Å². The average Bonchev–Trinajstić information content (AvgIpc) is 2.88. The van der Waals surface area contributed by atoms with Gasteiger partial charge in [-0.05, 0) is 61.2 Å². The van der Waals surface area contributed by atoms with Crippen molar-refractivity contribution in [2.75, 3.05) is 39.8 Å². The van der Waals surface area contributed by atoms with Crippen molar-refractivity contribution in [3.05, 3.63) is 58.7 Å². The number of aryl methyl sites for hydroxylation is 3. The van der Waals surface area contributed by atoms with E-state index in [0.29, 0.717) is 24.4 Å². The molecule has 1 aliphatic rings. The molecule has 0 unspecified atom stereocenters. The maximum Gasteiger partial charge on any atom is 0.490 e. The smallest absolute Gasteiger partial charge is 0.490 e. The summed E-state index contributed by atoms with van der Waals surface area (Å²) in [5.74, 6) is -2.11. The number of nitrogens with one attached hydrogen (secondary N) is 1. The minimum atomic E-state index is -5.08. The van der Waals surface area contributed by atoms with Crippen molar-refractivity contribution in [2.24, 2.45) is 0 Å². The highest BCUT2D eigenvalue weighted by molar-refractivity contribution is 7.89. The number of methoxy groups -OCH3 is 1. The molecule has 0 atom stereocenters. The molecule has 9 nitrogen and oxygen atoms in total. The molecule has 1 aliphatic heterocycles. The van der Waals surface area contributed by atoms with Crippen molar-refractivity contribution in [3.63, 3.8) is 0 Å². The van der Waals surface area contributed by atoms with Gasteiger partial charge in [0.25, 0.3) is 0 Å². The highest BCUT2D eigenvalue weighted by atomic mass is 32.2. The predicted molar refractivity (Wildman–Crippen MR) is 139 cm³/mol. The Morgan fingerprint density at radius 2 is 1.64 bits per heavy atom. The third-order valence-electron chi connectivity index (χ3n) is 6.19. The molecule has 3 rings (SSSR count). The number of sulfonamides is 1. The lowest BCUT2D eigenvalue weighted by molar-refractivity contribution is -0.192. The molecule has 0 saturated carbocycles. The molecule has 2 aromatic rings. The number of aliphatic carboxylic acids is 1. The van der Waals surface area contributed by atoms with Crippen LogP contribution in [-0.4, -0.2) is 80.6 Å². The molecular weight excluding hydrogens is 539 g/mol. The molecule has 39 heavy (non-hydrogen) atoms. The van der Waals surface area contributed by atoms with Crippen LogP contribution in [0.2, 0.25) is 0 Å². The monoisotopic (exact) mass is 573 g/mol. The highest BCUT2D eigenvalue weighted by Crippen LogP contribution is 2.26. The van der Waals surface area contributed by atoms with Gasteiger partial charge in [-0.1, -0.05) is 18.2 Å². The van der Waals surface area contributed by atoms with Gasteiger partial charge in [0.2, 0.25) is 15.9 Å². The number of nitrogens with zero attached hydrogens (tertiary/aromatic N) is 2. The fraction of sp³-hybridized carbons (Fsp3) is 0.462. The number of carbonyl (C=O) groups is 2. The van der Waals surface area contributed by atoms with Crippen molar-refractivity contribution in [3.8, 4) is 5.75 Å². The van der Waals surface area contributed by atoms with Gasteiger partial charge >= 0.3 is 12.1 Å². The van der Waals surface area contributed by atoms with Crippen LogP contribution < -0.4 is 10.1 Å². The van der Waals surface area contributed by atoms with E-state index in [9.17, 15) is 26.4 Å². The Hall–Kier alpha value is -3.16. The molecule has 13 heteroatoms. The molecular formula is C26H34F3N3O6S. The number of ether oxygens (including phenoxy) is 1. The average molecular weight is 574 g/mol. The quantitative estimate of drug-likeness (QED) is 0.498. The van der Waals surface area contributed by atoms with E-state index in [1.54, 1.807) is 18.1 Å². The molecule has 216 valence electrons. The number of hydrogen-bond acceptors (Lipinski definition) is 6. The van der Waals surface area contributed by atoms with Crippen LogP contribution in [0.25, 0.3) is 0 Å². The first kappa shape index (κ1) is 32.1. The van der Waals surface area contributed by atoms with E-state index in [1.165, 1.54) is 4.31 Å². The molecule has 0 spiro atoms. The number of carboxylic acid groups (broad SMARTS) is 1. The van der Waals surface area contributed by atoms with E-state index in [4.69, 9.17) is 14.6 Å². The summed E-state index contributed by atoms with van der Waals surface area (Å²) in [5.41, 5.74) is 3.49. The van der Waals surface area contributed by atoms with Gasteiger partial charge in [-0.25, -0.2) is 13.2 Å². The van der Waals surface area contributed by atoms with Crippen LogP contribution in [0.5, 0.6) is 5.75 Å². The van der Waals surface area contributed by atoms with Gasteiger partial charge in [0.1, 0.15) is 5.75 Å². The Kier molecular flexibility index (Phi) is 11.3. The number of amides is 1. The van der Waals surface area contributed by atoms with E-state index in [-0.39, 0.29) is 30.3 Å². The van der Waals surface area contributed by atoms with Crippen LogP contribution in [0.1, 0.15) is 28.7 Å². The molecule has 1 fully saturated rings. The Morgan fingerprint density at radius 1 is 1.05 bits per heavy atom. The zero-order chi connectivity index (χ0) is 29.4. The van der Waals surface area contributed by atoms with Crippen LogP contribution in [0.3, 0.4) is 0 Å². The second kappa shape index (κ2) is 13.8. The molecule has 0 aromatic heterocycles. The number of benzene rings is 2. The number of piperazine rings is 1. The maximum atomic E-state index is 13.7. The summed E-state index contributed by atoms with van der Waals surface area (Å²) in [7, 11) is -2.22. The largest absolute Gasteiger partial charge is 0.497 e. The normalized spacial score (nSPS) is 14.0. The first-order valence-corrected chi connectivity index (χ1v) is 13.6. The van der Waals surface area contributed by atoms with Gasteiger partial charge in [0, 0.05) is 45.7 Å². The van der Waals surface area contributed by atoms with Crippen molar-refractivity contribution in [1.82, 2.24) is 14.5 Å². The highest BCUT2D eigenvalue weighted by Gasteiger charge is 2.38. The minimum Gasteiger partial charge on any atom is -0.497 e. The third-order valence-corrected chi connectivity index (χ3v) is 8.18. The zero-order valence-corrected chi connectivity index (χ0v) is 23.2. The Bertz CT molecular complexity index is 1260. The third kappa shape index (κ3) is 9.22. The molecule has 0 aliphatic carbocycles. The summed E-state index contributed by atoms with van der Waals surface area (Å²) in [6.07, 6.45) is -4.94. The van der Waals surface area contributed by atoms with Crippen LogP contribution >= 0.6 is 0 Å². The number of halogens is 3. The second-order valence-corrected chi connectivity index (χ2v) is 11.0. The van der Waals surface area contributed by atoms with Crippen molar-refractivity contribution >= 4 is 21.9 Å². The first-order chi connectivity index (χ1) is 18.2. The summed E-state index contributed by atoms with van der Waals surface area (Å²) >= 11 is 0. The molecule has 2 N–H and O–H groups in total. The summed E-state index contributed by atoms with van der Waals surface area (Å²) in [6.45, 7) is 8.81. The van der Waals surface area contributed by atoms with Crippen molar-refractivity contribution < 1.29 is 41.0 Å². The van der Waals surface area contributed by atoms with Gasteiger partial charge in [-0.15, -0.1) is 0 Å². The minimum absolute atomic E-state index is 0.0193. The molecule has 1 amide bonds. The molecule has 1 saturated heterocycles. The van der Waals surface area contributed by atoms with Gasteiger partial charge in [0.05, 0.1) is 12.0 Å². The van der Waals surface area contributed by atoms with Gasteiger partial charge in [-0.2, -0.15) is 17.5 Å². The Labute approximate surface area is 226 Å². The zero-order valence-electron chi connectivity index (χ0n) is 22.3. The van der Waals surface area contributed by atoms with E-state index < -0.39 is 22.2 Å². The molecule has 0 radical (unpaired) electrons. The lowest BCUT2D eigenvalue weighted by Gasteiger charge is -2.29. The Balaban J connectivity index is 0.000000673. The van der Waals surface area contributed by atoms with Crippen LogP contribution in [0.15, 0.2) is 41.3 Å². The predicted octanol–water partition coefficient (Wildman–Crippen LogP) is 3.27. The van der Waals surface area contributed by atoms with E-state index >= 15 is 0 Å². The fourth-order valence-electron chi connectivity index (χ4n) is 3.90. The first-order valence-electron chi connectivity index (χ1n) is 12.2. The number of hydrogen-bond donors (Lipinski definition) is 2. The fourth-order valence-corrected chi connectivity index (χ4v) is 5.62. The molecule has 0 bridgehead atoms. The maximum absolute atomic E-state index is 13.7. The number of rotatable bonds is 8. The Morgan fingerprint density at radius 3 is 2.21 bits per heavy atom. The lowest BCUT2D eigenvalue weighted by atomic mass is 10.1. The molecule has 1 heterocycles. The summed E-state index contributed by atoms with van der Waals surface area (Å²) in [6, 6.07) is 11.0. The molecule has 2 aromatic carbocycles. The summed E-state index contributed by atoms with van der Waals surface area (Å²) < 4.78 is 65.9. The van der Waals surface area contributed by atoms with E-state index in [2.05, 4.69) is 5.32 Å². The standard InChI is InChI=1S/C24H33N3O4S.C2HF3O2/c1-18-14-20(3)23(15-19(18)2)32(29,30)27(17-21-6-5-7-22(16-21)31-4)11-8-24(28)26-12-9-25-10-13-26;3-2(4,5)1(6)7/h5-7,14-16,25H,8-13,17H2,1-4H3;(H,6,7). The second-order valence-electron chi connectivity index (χ2n) is 9.08. The van der Waals surface area contributed by atoms with Gasteiger partial charge < -0.3 is 20.1 Å². The van der Waals surface area contributed by atoms with Crippen LogP contribution in [0.4, 0.5) is 13.2 Å². The lowest BCUT2D eigenvalue weighted by Crippen LogP contribution is -2.47. The van der Waals surface area contributed by atoms with Crippen molar-refractivity contribution in [2.45, 2.75) is 44.8 Å². The van der Waals surface area contributed by atoms with E-state index in [0.717, 1.165) is 29.8 Å². The topological polar surface area (TPSA) is 116 Å². The van der Waals surface area contributed by atoms with Crippen LogP contribution in [0, 0.1) is 20.8 Å². The summed E-state index contributed by atoms with van der Waals surface area (Å²) in [4.78, 5) is 23.7. The number of carboxylic acids is 1. The van der Waals surface area contributed by atoms with Gasteiger partial charge in [0.15, 0.2) is 0 Å². The van der Waals surface area contributed by atoms with Crippen LogP contribution in [-0.2, 0) is 26.2 Å². The number of carbonyl (C=O) groups excluding carboxylic acids is 1.